The summed E-state index contributed by atoms with van der Waals surface area (Å²) in [6, 6.07) is 14.0. The molecule has 5 rings (SSSR count). The number of ether oxygens (including phenoxy) is 2. The summed E-state index contributed by atoms with van der Waals surface area (Å²) < 4.78 is 40.9. The van der Waals surface area contributed by atoms with Crippen LogP contribution in [0.3, 0.4) is 0 Å². The number of rotatable bonds is 6. The topological polar surface area (TPSA) is 93.7 Å². The van der Waals surface area contributed by atoms with E-state index in [1.165, 1.54) is 6.07 Å². The monoisotopic (exact) mass is 510 g/mol. The molecule has 8 nitrogen and oxygen atoms in total. The van der Waals surface area contributed by atoms with E-state index in [9.17, 15) is 8.42 Å². The van der Waals surface area contributed by atoms with Crippen molar-refractivity contribution in [2.24, 2.45) is 0 Å². The van der Waals surface area contributed by atoms with Gasteiger partial charge >= 0.3 is 0 Å². The number of nitrogens with zero attached hydrogens (tertiary/aromatic N) is 3. The minimum Gasteiger partial charge on any atom is -0.490 e. The largest absolute Gasteiger partial charge is 0.490 e. The number of hydrogen-bond donors (Lipinski definition) is 1. The van der Waals surface area contributed by atoms with E-state index in [0.29, 0.717) is 22.7 Å². The van der Waals surface area contributed by atoms with Crippen molar-refractivity contribution in [1.82, 2.24) is 9.97 Å². The molecule has 1 aliphatic rings. The van der Waals surface area contributed by atoms with Gasteiger partial charge in [-0.15, -0.1) is 0 Å². The van der Waals surface area contributed by atoms with Crippen molar-refractivity contribution in [2.75, 3.05) is 29.8 Å². The van der Waals surface area contributed by atoms with Gasteiger partial charge in [0.1, 0.15) is 19.0 Å². The molecular formula is C25H23ClN4O4S. The Bertz CT molecular complexity index is 1530. The van der Waals surface area contributed by atoms with Crippen molar-refractivity contribution >= 4 is 44.0 Å². The summed E-state index contributed by atoms with van der Waals surface area (Å²) in [4.78, 5) is 10.8. The Hall–Kier alpha value is -3.56. The third kappa shape index (κ3) is 4.69. The lowest BCUT2D eigenvalue weighted by atomic mass is 10.1. The Labute approximate surface area is 208 Å². The van der Waals surface area contributed by atoms with Crippen molar-refractivity contribution in [3.63, 3.8) is 0 Å². The Kier molecular flexibility index (Phi) is 6.12. The lowest BCUT2D eigenvalue weighted by molar-refractivity contribution is 0.302. The number of anilines is 2. The van der Waals surface area contributed by atoms with Crippen LogP contribution in [0.1, 0.15) is 11.1 Å². The van der Waals surface area contributed by atoms with E-state index in [2.05, 4.69) is 19.6 Å². The molecule has 0 amide bonds. The second-order valence-electron chi connectivity index (χ2n) is 8.23. The number of benzene rings is 2. The van der Waals surface area contributed by atoms with Crippen LogP contribution in [0.5, 0.6) is 11.5 Å². The molecule has 2 aromatic carbocycles. The lowest BCUT2D eigenvalue weighted by Crippen LogP contribution is -2.28. The van der Waals surface area contributed by atoms with Gasteiger partial charge in [-0.25, -0.2) is 13.4 Å². The molecule has 2 aromatic heterocycles. The van der Waals surface area contributed by atoms with Gasteiger partial charge in [0.25, 0.3) is 10.0 Å². The number of nitrogens with one attached hydrogen (secondary N) is 1. The van der Waals surface area contributed by atoms with E-state index < -0.39 is 10.0 Å². The molecule has 0 saturated carbocycles. The maximum Gasteiger partial charge on any atom is 0.263 e. The maximum absolute atomic E-state index is 13.2. The first kappa shape index (κ1) is 23.2. The van der Waals surface area contributed by atoms with E-state index >= 15 is 0 Å². The fourth-order valence-electron chi connectivity index (χ4n) is 3.89. The average Bonchev–Trinajstić information content (AvgIpc) is 2.84. The predicted octanol–water partition coefficient (Wildman–Crippen LogP) is 4.80. The summed E-state index contributed by atoms with van der Waals surface area (Å²) in [7, 11) is -1.96. The minimum absolute atomic E-state index is 0.0744. The van der Waals surface area contributed by atoms with Crippen LogP contribution >= 0.6 is 11.6 Å². The smallest absolute Gasteiger partial charge is 0.263 e. The third-order valence-corrected chi connectivity index (χ3v) is 7.72. The van der Waals surface area contributed by atoms with Crippen LogP contribution in [0.15, 0.2) is 65.8 Å². The van der Waals surface area contributed by atoms with Crippen LogP contribution < -0.4 is 19.1 Å². The minimum atomic E-state index is -3.98. The molecule has 35 heavy (non-hydrogen) atoms. The van der Waals surface area contributed by atoms with E-state index in [0.717, 1.165) is 28.9 Å². The fraction of sp³-hybridized carbons (Fsp3) is 0.200. The Morgan fingerprint density at radius 2 is 2.06 bits per heavy atom. The normalized spacial score (nSPS) is 13.3. The highest BCUT2D eigenvalue weighted by atomic mass is 35.5. The van der Waals surface area contributed by atoms with Gasteiger partial charge in [-0.05, 0) is 54.4 Å². The van der Waals surface area contributed by atoms with Gasteiger partial charge < -0.3 is 14.4 Å². The summed E-state index contributed by atoms with van der Waals surface area (Å²) in [6.45, 7) is 3.31. The van der Waals surface area contributed by atoms with Gasteiger partial charge in [-0.2, -0.15) is 0 Å². The van der Waals surface area contributed by atoms with Gasteiger partial charge in [0.15, 0.2) is 11.6 Å². The van der Waals surface area contributed by atoms with Crippen molar-refractivity contribution in [3.05, 3.63) is 77.1 Å². The van der Waals surface area contributed by atoms with Crippen molar-refractivity contribution in [2.45, 2.75) is 18.4 Å². The lowest BCUT2D eigenvalue weighted by Gasteiger charge is -2.28. The fourth-order valence-corrected chi connectivity index (χ4v) is 5.40. The molecule has 0 atom stereocenters. The second kappa shape index (κ2) is 9.24. The van der Waals surface area contributed by atoms with E-state index in [1.807, 2.05) is 25.2 Å². The number of halogens is 1. The predicted molar refractivity (Wildman–Crippen MR) is 136 cm³/mol. The zero-order valence-corrected chi connectivity index (χ0v) is 20.7. The quantitative estimate of drug-likeness (QED) is 0.398. The molecule has 3 heterocycles. The summed E-state index contributed by atoms with van der Waals surface area (Å²) in [5, 5.41) is 1.09. The number of hydrogen-bond acceptors (Lipinski definition) is 7. The van der Waals surface area contributed by atoms with Gasteiger partial charge in [0.05, 0.1) is 22.6 Å². The van der Waals surface area contributed by atoms with Gasteiger partial charge in [-0.1, -0.05) is 23.7 Å². The van der Waals surface area contributed by atoms with Crippen molar-refractivity contribution in [1.29, 1.82) is 0 Å². The first-order chi connectivity index (χ1) is 16.8. The summed E-state index contributed by atoms with van der Waals surface area (Å²) in [5.41, 5.74) is 2.93. The Morgan fingerprint density at radius 3 is 2.91 bits per heavy atom. The standard InChI is InChI=1S/C25H23ClN4O4S/c1-16-19(26)4-3-5-24(16)35(31,32)29-25-23(13-18-14-27-9-8-20(18)28-25)34-15-17-6-7-22-21(12-17)30(2)10-11-33-22/h3-9,12-14H,10-11,15H2,1-2H3,(H,28,29). The Balaban J connectivity index is 1.48. The average molecular weight is 511 g/mol. The number of aromatic nitrogens is 2. The second-order valence-corrected chi connectivity index (χ2v) is 10.3. The number of fused-ring (bicyclic) bond motifs is 2. The van der Waals surface area contributed by atoms with E-state index in [4.69, 9.17) is 21.1 Å². The molecule has 0 spiro atoms. The molecule has 0 radical (unpaired) electrons. The molecule has 0 unspecified atom stereocenters. The van der Waals surface area contributed by atoms with Crippen molar-refractivity contribution < 1.29 is 17.9 Å². The third-order valence-electron chi connectivity index (χ3n) is 5.83. The first-order valence-electron chi connectivity index (χ1n) is 10.9. The number of pyridine rings is 2. The number of likely N-dealkylation sites (N-methyl/N-ethyl adjacent to an activating group) is 1. The van der Waals surface area contributed by atoms with E-state index in [-0.39, 0.29) is 23.1 Å². The van der Waals surface area contributed by atoms with Crippen molar-refractivity contribution in [3.8, 4) is 11.5 Å². The van der Waals surface area contributed by atoms with Gasteiger partial charge in [0.2, 0.25) is 0 Å². The van der Waals surface area contributed by atoms with Gasteiger partial charge in [-0.3, -0.25) is 9.71 Å². The molecule has 180 valence electrons. The molecule has 0 fully saturated rings. The molecule has 1 N–H and O–H groups in total. The zero-order chi connectivity index (χ0) is 24.6. The molecule has 4 aromatic rings. The summed E-state index contributed by atoms with van der Waals surface area (Å²) in [5.74, 6) is 1.20. The number of sulfonamides is 1. The highest BCUT2D eigenvalue weighted by Crippen LogP contribution is 2.34. The maximum atomic E-state index is 13.2. The molecule has 0 aliphatic carbocycles. The highest BCUT2D eigenvalue weighted by Gasteiger charge is 2.22. The SMILES string of the molecule is Cc1c(Cl)cccc1S(=O)(=O)Nc1nc2ccncc2cc1OCc1ccc2c(c1)N(C)CCO2. The first-order valence-corrected chi connectivity index (χ1v) is 12.8. The molecule has 10 heteroatoms. The molecule has 0 saturated heterocycles. The summed E-state index contributed by atoms with van der Waals surface area (Å²) in [6.07, 6.45) is 3.25. The van der Waals surface area contributed by atoms with Crippen LogP contribution in [0, 0.1) is 6.92 Å². The molecule has 1 aliphatic heterocycles. The van der Waals surface area contributed by atoms with Crippen LogP contribution in [-0.4, -0.2) is 38.6 Å². The van der Waals surface area contributed by atoms with Crippen LogP contribution in [0.2, 0.25) is 5.02 Å². The zero-order valence-electron chi connectivity index (χ0n) is 19.2. The van der Waals surface area contributed by atoms with Crippen LogP contribution in [0.25, 0.3) is 10.9 Å². The van der Waals surface area contributed by atoms with E-state index in [1.54, 1.807) is 43.6 Å². The Morgan fingerprint density at radius 1 is 1.20 bits per heavy atom. The van der Waals surface area contributed by atoms with Gasteiger partial charge in [0, 0.05) is 29.9 Å². The van der Waals surface area contributed by atoms with Crippen LogP contribution in [-0.2, 0) is 16.6 Å². The molecule has 0 bridgehead atoms. The highest BCUT2D eigenvalue weighted by molar-refractivity contribution is 7.92. The summed E-state index contributed by atoms with van der Waals surface area (Å²) >= 11 is 6.16. The molecular weight excluding hydrogens is 488 g/mol. The van der Waals surface area contributed by atoms with Crippen LogP contribution in [0.4, 0.5) is 11.5 Å².